The molecule has 28 heavy (non-hydrogen) atoms. The lowest BCUT2D eigenvalue weighted by atomic mass is 10.1. The molecule has 2 N–H and O–H groups in total. The van der Waals surface area contributed by atoms with Crippen LogP contribution in [0.15, 0.2) is 35.4 Å². The number of carbonyl (C=O) groups excluding carboxylic acids is 1. The van der Waals surface area contributed by atoms with Gasteiger partial charge in [-0.15, -0.1) is 0 Å². The van der Waals surface area contributed by atoms with Gasteiger partial charge >= 0.3 is 5.69 Å². The highest BCUT2D eigenvalue weighted by atomic mass is 16.6. The van der Waals surface area contributed by atoms with Crippen molar-refractivity contribution in [3.8, 4) is 17.2 Å². The third kappa shape index (κ3) is 3.80. The average Bonchev–Trinajstić information content (AvgIpc) is 2.68. The zero-order valence-corrected chi connectivity index (χ0v) is 14.0. The van der Waals surface area contributed by atoms with Crippen molar-refractivity contribution in [2.45, 2.75) is 0 Å². The first-order chi connectivity index (χ1) is 13.4. The minimum atomic E-state index is -0.965. The number of nitro groups is 2. The second kappa shape index (κ2) is 7.57. The van der Waals surface area contributed by atoms with Crippen LogP contribution in [0.25, 0.3) is 0 Å². The van der Waals surface area contributed by atoms with Crippen LogP contribution < -0.4 is 14.9 Å². The quantitative estimate of drug-likeness (QED) is 0.444. The molecule has 12 nitrogen and oxygen atoms in total. The Morgan fingerprint density at radius 1 is 1.11 bits per heavy atom. The molecule has 0 fully saturated rings. The van der Waals surface area contributed by atoms with Crippen molar-refractivity contribution in [3.63, 3.8) is 0 Å². The highest BCUT2D eigenvalue weighted by Gasteiger charge is 2.23. The van der Waals surface area contributed by atoms with Crippen molar-refractivity contribution >= 4 is 23.5 Å². The highest BCUT2D eigenvalue weighted by Crippen LogP contribution is 2.33. The summed E-state index contributed by atoms with van der Waals surface area (Å²) >= 11 is 0. The Balaban J connectivity index is 1.79. The van der Waals surface area contributed by atoms with Crippen molar-refractivity contribution < 1.29 is 29.2 Å². The van der Waals surface area contributed by atoms with Crippen LogP contribution in [0.4, 0.5) is 11.4 Å². The number of hydrogen-bond acceptors (Lipinski definition) is 9. The predicted octanol–water partition coefficient (Wildman–Crippen LogP) is 1.74. The summed E-state index contributed by atoms with van der Waals surface area (Å²) in [5.74, 6) is -0.546. The Morgan fingerprint density at radius 3 is 2.50 bits per heavy atom. The number of hydrogen-bond donors (Lipinski definition) is 2. The number of fused-ring (bicyclic) bond motifs is 1. The lowest BCUT2D eigenvalue weighted by Crippen LogP contribution is -2.19. The monoisotopic (exact) mass is 388 g/mol. The summed E-state index contributed by atoms with van der Waals surface area (Å²) in [7, 11) is 0. The molecule has 12 heteroatoms. The largest absolute Gasteiger partial charge is 0.502 e. The van der Waals surface area contributed by atoms with Gasteiger partial charge in [0.05, 0.1) is 27.7 Å². The Morgan fingerprint density at radius 2 is 1.82 bits per heavy atom. The molecule has 144 valence electrons. The average molecular weight is 388 g/mol. The first-order valence-electron chi connectivity index (χ1n) is 7.75. The lowest BCUT2D eigenvalue weighted by Gasteiger charge is -2.18. The van der Waals surface area contributed by atoms with Crippen LogP contribution in [0.1, 0.15) is 15.9 Å². The van der Waals surface area contributed by atoms with E-state index in [1.54, 1.807) is 6.07 Å². The van der Waals surface area contributed by atoms with Gasteiger partial charge in [0.1, 0.15) is 13.2 Å². The van der Waals surface area contributed by atoms with Crippen molar-refractivity contribution in [3.05, 3.63) is 61.7 Å². The molecule has 1 heterocycles. The maximum Gasteiger partial charge on any atom is 0.318 e. The number of non-ortho nitro benzene ring substituents is 1. The molecule has 1 amide bonds. The Kier molecular flexibility index (Phi) is 5.02. The van der Waals surface area contributed by atoms with E-state index >= 15 is 0 Å². The zero-order chi connectivity index (χ0) is 20.3. The molecule has 1 aliphatic heterocycles. The summed E-state index contributed by atoms with van der Waals surface area (Å²) in [5.41, 5.74) is 0.604. The van der Waals surface area contributed by atoms with E-state index in [1.807, 2.05) is 0 Å². The summed E-state index contributed by atoms with van der Waals surface area (Å²) in [6.07, 6.45) is 0.866. The number of phenolic OH excluding ortho intramolecular Hbond substituents is 1. The summed E-state index contributed by atoms with van der Waals surface area (Å²) in [6.45, 7) is 0.753. The molecule has 0 bridgehead atoms. The standard InChI is InChI=1S/C16H12N4O8/c21-15-10(5-11(19(23)24)7-12(15)20(25)26)8-17-18-16(22)9-1-2-13-14(6-9)28-4-3-27-13/h1-2,5-8,21H,3-4H2,(H,18,22). The first kappa shape index (κ1) is 18.6. The molecular weight excluding hydrogens is 376 g/mol. The maximum atomic E-state index is 12.2. The number of nitrogens with zero attached hydrogens (tertiary/aromatic N) is 3. The molecule has 0 unspecified atom stereocenters. The van der Waals surface area contributed by atoms with E-state index in [1.165, 1.54) is 12.1 Å². The van der Waals surface area contributed by atoms with Gasteiger partial charge < -0.3 is 14.6 Å². The molecule has 2 aromatic rings. The van der Waals surface area contributed by atoms with Gasteiger partial charge in [-0.2, -0.15) is 5.10 Å². The van der Waals surface area contributed by atoms with E-state index < -0.39 is 32.9 Å². The van der Waals surface area contributed by atoms with Crippen LogP contribution in [0.2, 0.25) is 0 Å². The Labute approximate surface area is 156 Å². The number of nitro benzene ring substituents is 2. The van der Waals surface area contributed by atoms with Crippen LogP contribution in [0.3, 0.4) is 0 Å². The van der Waals surface area contributed by atoms with Crippen LogP contribution in [0.5, 0.6) is 17.2 Å². The number of nitrogens with one attached hydrogen (secondary N) is 1. The minimum absolute atomic E-state index is 0.204. The van der Waals surface area contributed by atoms with Crippen molar-refractivity contribution in [1.82, 2.24) is 5.43 Å². The summed E-state index contributed by atoms with van der Waals surface area (Å²) in [6, 6.07) is 6.01. The molecular formula is C16H12N4O8. The number of benzene rings is 2. The molecule has 0 aliphatic carbocycles. The lowest BCUT2D eigenvalue weighted by molar-refractivity contribution is -0.394. The SMILES string of the molecule is O=C(NN=Cc1cc([N+](=O)[O-])cc([N+](=O)[O-])c1O)c1ccc2c(c1)OCCO2. The molecule has 3 rings (SSSR count). The third-order valence-corrected chi connectivity index (χ3v) is 3.69. The van der Waals surface area contributed by atoms with Gasteiger partial charge in [0, 0.05) is 11.6 Å². The minimum Gasteiger partial charge on any atom is -0.502 e. The maximum absolute atomic E-state index is 12.2. The Bertz CT molecular complexity index is 1000. The van der Waals surface area contributed by atoms with Crippen LogP contribution in [-0.2, 0) is 0 Å². The van der Waals surface area contributed by atoms with E-state index in [-0.39, 0.29) is 11.1 Å². The van der Waals surface area contributed by atoms with E-state index in [0.717, 1.165) is 12.3 Å². The second-order valence-electron chi connectivity index (χ2n) is 5.47. The topological polar surface area (TPSA) is 166 Å². The van der Waals surface area contributed by atoms with Crippen molar-refractivity contribution in [2.24, 2.45) is 5.10 Å². The molecule has 0 saturated heterocycles. The Hall–Kier alpha value is -4.22. The molecule has 0 spiro atoms. The predicted molar refractivity (Wildman–Crippen MR) is 93.9 cm³/mol. The van der Waals surface area contributed by atoms with E-state index in [0.29, 0.717) is 30.8 Å². The van der Waals surface area contributed by atoms with Gasteiger partial charge in [0.15, 0.2) is 11.5 Å². The number of ether oxygens (including phenoxy) is 2. The normalized spacial score (nSPS) is 12.6. The number of hydrazone groups is 1. The van der Waals surface area contributed by atoms with Gasteiger partial charge in [-0.05, 0) is 18.2 Å². The number of phenols is 1. The van der Waals surface area contributed by atoms with Crippen molar-refractivity contribution in [1.29, 1.82) is 0 Å². The van der Waals surface area contributed by atoms with Crippen LogP contribution in [0, 0.1) is 20.2 Å². The summed E-state index contributed by atoms with van der Waals surface area (Å²) in [5, 5.41) is 35.3. The number of carbonyl (C=O) groups is 1. The molecule has 0 radical (unpaired) electrons. The number of amides is 1. The fourth-order valence-corrected chi connectivity index (χ4v) is 2.38. The van der Waals surface area contributed by atoms with E-state index in [2.05, 4.69) is 10.5 Å². The zero-order valence-electron chi connectivity index (χ0n) is 14.0. The fraction of sp³-hybridized carbons (Fsp3) is 0.125. The molecule has 0 aromatic heterocycles. The fourth-order valence-electron chi connectivity index (χ4n) is 2.38. The van der Waals surface area contributed by atoms with Gasteiger partial charge in [-0.1, -0.05) is 0 Å². The van der Waals surface area contributed by atoms with Gasteiger partial charge in [0.2, 0.25) is 5.75 Å². The number of aromatic hydroxyl groups is 1. The van der Waals surface area contributed by atoms with E-state index in [4.69, 9.17) is 9.47 Å². The van der Waals surface area contributed by atoms with Gasteiger partial charge in [-0.3, -0.25) is 25.0 Å². The smallest absolute Gasteiger partial charge is 0.318 e. The van der Waals surface area contributed by atoms with Crippen LogP contribution >= 0.6 is 0 Å². The third-order valence-electron chi connectivity index (χ3n) is 3.69. The van der Waals surface area contributed by atoms with Gasteiger partial charge in [-0.25, -0.2) is 5.43 Å². The second-order valence-corrected chi connectivity index (χ2v) is 5.47. The molecule has 2 aromatic carbocycles. The molecule has 1 aliphatic rings. The van der Waals surface area contributed by atoms with Crippen molar-refractivity contribution in [2.75, 3.05) is 13.2 Å². The van der Waals surface area contributed by atoms with Gasteiger partial charge in [0.25, 0.3) is 11.6 Å². The molecule has 0 atom stereocenters. The highest BCUT2D eigenvalue weighted by molar-refractivity contribution is 5.96. The number of rotatable bonds is 5. The van der Waals surface area contributed by atoms with E-state index in [9.17, 15) is 30.1 Å². The summed E-state index contributed by atoms with van der Waals surface area (Å²) in [4.78, 5) is 32.1. The molecule has 0 saturated carbocycles. The van der Waals surface area contributed by atoms with Crippen LogP contribution in [-0.4, -0.2) is 40.3 Å². The summed E-state index contributed by atoms with van der Waals surface area (Å²) < 4.78 is 10.7. The first-order valence-corrected chi connectivity index (χ1v) is 7.75.